The zero-order valence-corrected chi connectivity index (χ0v) is 16.2. The Morgan fingerprint density at radius 1 is 1.11 bits per heavy atom. The summed E-state index contributed by atoms with van der Waals surface area (Å²) in [5, 5.41) is 0.621. The minimum absolute atomic E-state index is 0.0900. The van der Waals surface area contributed by atoms with E-state index < -0.39 is 0 Å². The molecule has 0 radical (unpaired) electrons. The van der Waals surface area contributed by atoms with Crippen LogP contribution in [0, 0.1) is 4.77 Å². The van der Waals surface area contributed by atoms with Crippen LogP contribution >= 0.6 is 12.2 Å². The molecular formula is C20H22N5OS+. The van der Waals surface area contributed by atoms with Crippen molar-refractivity contribution < 1.29 is 4.90 Å². The number of aromatic nitrogens is 4. The zero-order chi connectivity index (χ0) is 19.0. The number of hydrogen-bond donors (Lipinski definition) is 2. The number of benzene rings is 2. The molecule has 4 rings (SSSR count). The molecular weight excluding hydrogens is 358 g/mol. The molecule has 1 unspecified atom stereocenters. The topological polar surface area (TPSA) is 60.1 Å². The van der Waals surface area contributed by atoms with Crippen LogP contribution in [0.15, 0.2) is 53.3 Å². The van der Waals surface area contributed by atoms with E-state index in [0.717, 1.165) is 27.9 Å². The number of para-hydroxylation sites is 3. The Bertz CT molecular complexity index is 1240. The summed E-state index contributed by atoms with van der Waals surface area (Å²) in [5.74, 6) is 0.697. The molecule has 2 N–H and O–H groups in total. The summed E-state index contributed by atoms with van der Waals surface area (Å²) in [6.07, 6.45) is 0. The maximum absolute atomic E-state index is 12.3. The van der Waals surface area contributed by atoms with Gasteiger partial charge in [-0.2, -0.15) is 0 Å². The van der Waals surface area contributed by atoms with Gasteiger partial charge in [-0.3, -0.25) is 9.36 Å². The van der Waals surface area contributed by atoms with Crippen LogP contribution in [0.5, 0.6) is 0 Å². The van der Waals surface area contributed by atoms with E-state index >= 15 is 0 Å². The third kappa shape index (κ3) is 3.20. The van der Waals surface area contributed by atoms with Crippen LogP contribution in [0.25, 0.3) is 21.9 Å². The number of aryl methyl sites for hydroxylation is 1. The van der Waals surface area contributed by atoms with Crippen molar-refractivity contribution in [3.63, 3.8) is 0 Å². The predicted molar refractivity (Wildman–Crippen MR) is 109 cm³/mol. The zero-order valence-electron chi connectivity index (χ0n) is 15.4. The van der Waals surface area contributed by atoms with E-state index in [9.17, 15) is 4.79 Å². The third-order valence-electron chi connectivity index (χ3n) is 5.01. The number of imidazole rings is 1. The summed E-state index contributed by atoms with van der Waals surface area (Å²) in [7, 11) is 2.00. The van der Waals surface area contributed by atoms with Gasteiger partial charge in [-0.15, -0.1) is 0 Å². The standard InChI is InChI=1S/C20H21N5OS/c1-3-24(12-18-21-15-9-5-4-8-14(15)19(26)22-18)13-25-17-11-7-6-10-16(17)23(2)20(25)27/h4-11H,3,12-13H2,1-2H3,(H,21,22,26)/p+1. The van der Waals surface area contributed by atoms with Gasteiger partial charge in [0.15, 0.2) is 17.3 Å². The first-order valence-electron chi connectivity index (χ1n) is 9.04. The summed E-state index contributed by atoms with van der Waals surface area (Å²) in [6, 6.07) is 15.6. The quantitative estimate of drug-likeness (QED) is 0.521. The summed E-state index contributed by atoms with van der Waals surface area (Å²) in [6.45, 7) is 4.36. The van der Waals surface area contributed by atoms with E-state index in [0.29, 0.717) is 24.4 Å². The molecule has 7 heteroatoms. The average molecular weight is 380 g/mol. The predicted octanol–water partition coefficient (Wildman–Crippen LogP) is 2.01. The number of aromatic amines is 1. The molecule has 0 bridgehead atoms. The normalized spacial score (nSPS) is 12.7. The van der Waals surface area contributed by atoms with E-state index in [1.165, 1.54) is 4.90 Å². The number of nitrogens with zero attached hydrogens (tertiary/aromatic N) is 3. The number of nitrogens with one attached hydrogen (secondary N) is 2. The first-order chi connectivity index (χ1) is 13.1. The summed E-state index contributed by atoms with van der Waals surface area (Å²) in [5.41, 5.74) is 2.88. The molecule has 2 heterocycles. The second-order valence-corrected chi connectivity index (χ2v) is 7.09. The Balaban J connectivity index is 1.67. The largest absolute Gasteiger partial charge is 0.320 e. The highest BCUT2D eigenvalue weighted by atomic mass is 32.1. The smallest absolute Gasteiger partial charge is 0.258 e. The highest BCUT2D eigenvalue weighted by Gasteiger charge is 2.15. The van der Waals surface area contributed by atoms with E-state index in [4.69, 9.17) is 12.2 Å². The van der Waals surface area contributed by atoms with Gasteiger partial charge in [0.05, 0.1) is 28.5 Å². The fourth-order valence-corrected chi connectivity index (χ4v) is 3.75. The number of H-pyrrole nitrogens is 1. The lowest BCUT2D eigenvalue weighted by molar-refractivity contribution is -0.935. The lowest BCUT2D eigenvalue weighted by Crippen LogP contribution is -3.09. The van der Waals surface area contributed by atoms with Crippen LogP contribution in [0.2, 0.25) is 0 Å². The molecule has 1 atom stereocenters. The van der Waals surface area contributed by atoms with Crippen LogP contribution in [0.1, 0.15) is 12.7 Å². The molecule has 0 aliphatic heterocycles. The Morgan fingerprint density at radius 3 is 2.59 bits per heavy atom. The summed E-state index contributed by atoms with van der Waals surface area (Å²) in [4.78, 5) is 21.2. The van der Waals surface area contributed by atoms with Crippen molar-refractivity contribution in [2.24, 2.45) is 7.05 Å². The van der Waals surface area contributed by atoms with Gasteiger partial charge in [0, 0.05) is 7.05 Å². The first kappa shape index (κ1) is 17.6. The highest BCUT2D eigenvalue weighted by Crippen LogP contribution is 2.15. The average Bonchev–Trinajstić information content (AvgIpc) is 2.92. The molecule has 0 saturated carbocycles. The van der Waals surface area contributed by atoms with Crippen LogP contribution in [0.3, 0.4) is 0 Å². The molecule has 0 amide bonds. The van der Waals surface area contributed by atoms with Crippen molar-refractivity contribution in [3.8, 4) is 0 Å². The second-order valence-electron chi connectivity index (χ2n) is 6.73. The van der Waals surface area contributed by atoms with Gasteiger partial charge in [0.1, 0.15) is 6.54 Å². The van der Waals surface area contributed by atoms with Gasteiger partial charge in [-0.25, -0.2) is 4.98 Å². The monoisotopic (exact) mass is 380 g/mol. The summed E-state index contributed by atoms with van der Waals surface area (Å²) >= 11 is 5.65. The van der Waals surface area contributed by atoms with Crippen LogP contribution in [-0.4, -0.2) is 25.6 Å². The van der Waals surface area contributed by atoms with Gasteiger partial charge in [0.2, 0.25) is 0 Å². The minimum Gasteiger partial charge on any atom is -0.320 e. The Labute approximate surface area is 161 Å². The molecule has 0 aliphatic carbocycles. The van der Waals surface area contributed by atoms with Crippen molar-refractivity contribution in [1.29, 1.82) is 0 Å². The Hall–Kier alpha value is -2.77. The minimum atomic E-state index is -0.0900. The highest BCUT2D eigenvalue weighted by molar-refractivity contribution is 7.71. The maximum atomic E-state index is 12.3. The molecule has 2 aromatic heterocycles. The van der Waals surface area contributed by atoms with Crippen LogP contribution in [-0.2, 0) is 20.3 Å². The maximum Gasteiger partial charge on any atom is 0.258 e. The van der Waals surface area contributed by atoms with Crippen LogP contribution < -0.4 is 10.5 Å². The van der Waals surface area contributed by atoms with Crippen molar-refractivity contribution in [2.75, 3.05) is 6.54 Å². The van der Waals surface area contributed by atoms with E-state index in [1.807, 2.05) is 41.9 Å². The SMILES string of the molecule is CC[NH+](Cc1nc2ccccc2c(=O)[nH]1)Cn1c(=S)n(C)c2ccccc21. The molecule has 27 heavy (non-hydrogen) atoms. The molecule has 0 fully saturated rings. The lowest BCUT2D eigenvalue weighted by atomic mass is 10.2. The molecule has 0 spiro atoms. The van der Waals surface area contributed by atoms with Crippen molar-refractivity contribution in [2.45, 2.75) is 20.1 Å². The first-order valence-corrected chi connectivity index (χ1v) is 9.45. The Morgan fingerprint density at radius 2 is 1.81 bits per heavy atom. The molecule has 138 valence electrons. The van der Waals surface area contributed by atoms with Crippen LogP contribution in [0.4, 0.5) is 0 Å². The van der Waals surface area contributed by atoms with Gasteiger partial charge < -0.3 is 14.5 Å². The van der Waals surface area contributed by atoms with Crippen molar-refractivity contribution in [3.05, 3.63) is 69.5 Å². The van der Waals surface area contributed by atoms with Gasteiger partial charge in [0.25, 0.3) is 5.56 Å². The number of fused-ring (bicyclic) bond motifs is 2. The molecule has 2 aromatic carbocycles. The number of quaternary nitrogens is 1. The van der Waals surface area contributed by atoms with Gasteiger partial charge in [-0.1, -0.05) is 24.3 Å². The lowest BCUT2D eigenvalue weighted by Gasteiger charge is -2.18. The van der Waals surface area contributed by atoms with E-state index in [-0.39, 0.29) is 5.56 Å². The van der Waals surface area contributed by atoms with Gasteiger partial charge >= 0.3 is 0 Å². The Kier molecular flexibility index (Phi) is 4.63. The second kappa shape index (κ2) is 7.09. The van der Waals surface area contributed by atoms with E-state index in [2.05, 4.69) is 33.6 Å². The fraction of sp³-hybridized carbons (Fsp3) is 0.250. The fourth-order valence-electron chi connectivity index (χ4n) is 3.49. The van der Waals surface area contributed by atoms with Crippen molar-refractivity contribution >= 4 is 34.2 Å². The van der Waals surface area contributed by atoms with Crippen molar-refractivity contribution in [1.82, 2.24) is 19.1 Å². The number of hydrogen-bond acceptors (Lipinski definition) is 3. The summed E-state index contributed by atoms with van der Waals surface area (Å²) < 4.78 is 4.98. The molecule has 4 aromatic rings. The van der Waals surface area contributed by atoms with E-state index in [1.54, 1.807) is 6.07 Å². The molecule has 0 saturated heterocycles. The number of rotatable bonds is 5. The molecule has 6 nitrogen and oxygen atoms in total. The third-order valence-corrected chi connectivity index (χ3v) is 5.51. The molecule has 0 aliphatic rings. The van der Waals surface area contributed by atoms with Gasteiger partial charge in [-0.05, 0) is 43.4 Å².